The summed E-state index contributed by atoms with van der Waals surface area (Å²) >= 11 is 0. The third kappa shape index (κ3) is 4.89. The molecule has 1 saturated heterocycles. The number of benzene rings is 1. The second kappa shape index (κ2) is 8.26. The molecule has 3 rings (SSSR count). The lowest BCUT2D eigenvalue weighted by molar-refractivity contribution is -0.115. The zero-order valence-electron chi connectivity index (χ0n) is 15.8. The van der Waals surface area contributed by atoms with Gasteiger partial charge in [0.1, 0.15) is 5.76 Å². The van der Waals surface area contributed by atoms with Gasteiger partial charge in [-0.3, -0.25) is 9.59 Å². The number of rotatable bonds is 5. The summed E-state index contributed by atoms with van der Waals surface area (Å²) in [5.41, 5.74) is 2.21. The van der Waals surface area contributed by atoms with Crippen LogP contribution in [-0.2, 0) is 9.53 Å². The van der Waals surface area contributed by atoms with Gasteiger partial charge in [-0.15, -0.1) is 0 Å². The maximum Gasteiger partial charge on any atom is 0.255 e. The van der Waals surface area contributed by atoms with Crippen LogP contribution < -0.4 is 15.5 Å². The molecule has 2 atom stereocenters. The van der Waals surface area contributed by atoms with E-state index in [1.807, 2.05) is 24.3 Å². The first kappa shape index (κ1) is 19.0. The van der Waals surface area contributed by atoms with Gasteiger partial charge in [0, 0.05) is 24.5 Å². The third-order valence-corrected chi connectivity index (χ3v) is 4.45. The van der Waals surface area contributed by atoms with Gasteiger partial charge < -0.3 is 24.7 Å². The minimum atomic E-state index is -0.331. The highest BCUT2D eigenvalue weighted by Gasteiger charge is 2.22. The zero-order valence-corrected chi connectivity index (χ0v) is 15.8. The van der Waals surface area contributed by atoms with Crippen molar-refractivity contribution in [1.29, 1.82) is 0 Å². The predicted octanol–water partition coefficient (Wildman–Crippen LogP) is 2.57. The summed E-state index contributed by atoms with van der Waals surface area (Å²) in [6.07, 6.45) is 1.83. The summed E-state index contributed by atoms with van der Waals surface area (Å²) in [7, 11) is 0. The highest BCUT2D eigenvalue weighted by molar-refractivity contribution is 5.99. The van der Waals surface area contributed by atoms with E-state index in [1.165, 1.54) is 6.26 Å². The topological polar surface area (TPSA) is 83.8 Å². The van der Waals surface area contributed by atoms with Gasteiger partial charge in [-0.05, 0) is 51.1 Å². The number of amides is 2. The minimum absolute atomic E-state index is 0.107. The van der Waals surface area contributed by atoms with E-state index in [0.29, 0.717) is 17.0 Å². The highest BCUT2D eigenvalue weighted by atomic mass is 16.5. The summed E-state index contributed by atoms with van der Waals surface area (Å²) in [5, 5.41) is 5.37. The smallest absolute Gasteiger partial charge is 0.255 e. The molecule has 1 aliphatic heterocycles. The number of carbonyl (C=O) groups is 2. The minimum Gasteiger partial charge on any atom is -0.469 e. The number of morpholine rings is 1. The van der Waals surface area contributed by atoms with Gasteiger partial charge >= 0.3 is 0 Å². The lowest BCUT2D eigenvalue weighted by Gasteiger charge is -2.36. The Hall–Kier alpha value is -2.80. The first-order valence-electron chi connectivity index (χ1n) is 9.05. The first-order valence-corrected chi connectivity index (χ1v) is 9.05. The van der Waals surface area contributed by atoms with Gasteiger partial charge in [-0.1, -0.05) is 0 Å². The number of carbonyl (C=O) groups excluding carboxylic acids is 2. The number of hydrogen-bond acceptors (Lipinski definition) is 5. The number of furan rings is 1. The summed E-state index contributed by atoms with van der Waals surface area (Å²) in [4.78, 5) is 26.3. The summed E-state index contributed by atoms with van der Waals surface area (Å²) in [6, 6.07) is 9.26. The van der Waals surface area contributed by atoms with Crippen molar-refractivity contribution in [2.45, 2.75) is 33.0 Å². The van der Waals surface area contributed by atoms with Crippen LogP contribution in [0.15, 0.2) is 41.0 Å². The second-order valence-corrected chi connectivity index (χ2v) is 6.83. The van der Waals surface area contributed by atoms with Gasteiger partial charge in [0.2, 0.25) is 5.91 Å². The largest absolute Gasteiger partial charge is 0.469 e. The van der Waals surface area contributed by atoms with Gasteiger partial charge in [0.05, 0.1) is 30.6 Å². The van der Waals surface area contributed by atoms with Crippen molar-refractivity contribution in [1.82, 2.24) is 5.32 Å². The van der Waals surface area contributed by atoms with Gasteiger partial charge in [0.25, 0.3) is 5.91 Å². The van der Waals surface area contributed by atoms with Crippen molar-refractivity contribution < 1.29 is 18.7 Å². The monoisotopic (exact) mass is 371 g/mol. The van der Waals surface area contributed by atoms with E-state index in [0.717, 1.165) is 18.8 Å². The van der Waals surface area contributed by atoms with E-state index in [4.69, 9.17) is 9.15 Å². The van der Waals surface area contributed by atoms with Crippen LogP contribution in [0.25, 0.3) is 0 Å². The lowest BCUT2D eigenvalue weighted by atomic mass is 10.2. The second-order valence-electron chi connectivity index (χ2n) is 6.83. The molecule has 0 bridgehead atoms. The van der Waals surface area contributed by atoms with Crippen molar-refractivity contribution in [3.8, 4) is 0 Å². The molecule has 27 heavy (non-hydrogen) atoms. The molecule has 0 aliphatic carbocycles. The van der Waals surface area contributed by atoms with Crippen LogP contribution in [-0.4, -0.2) is 43.7 Å². The van der Waals surface area contributed by atoms with Gasteiger partial charge in [0.15, 0.2) is 0 Å². The Morgan fingerprint density at radius 1 is 1.11 bits per heavy atom. The lowest BCUT2D eigenvalue weighted by Crippen LogP contribution is -2.45. The third-order valence-electron chi connectivity index (χ3n) is 4.45. The van der Waals surface area contributed by atoms with E-state index in [1.54, 1.807) is 13.0 Å². The maximum absolute atomic E-state index is 12.1. The molecule has 144 valence electrons. The van der Waals surface area contributed by atoms with Crippen LogP contribution in [0.1, 0.15) is 30.0 Å². The molecular weight excluding hydrogens is 346 g/mol. The van der Waals surface area contributed by atoms with Crippen molar-refractivity contribution in [3.05, 3.63) is 47.9 Å². The Balaban J connectivity index is 1.51. The standard InChI is InChI=1S/C20H25N3O4/c1-13-11-23(12-14(2)27-13)17-6-4-16(5-7-17)22-19(24)10-21-20(25)18-8-9-26-15(18)3/h4-9,13-14H,10-12H2,1-3H3,(H,21,25)(H,22,24). The number of nitrogens with zero attached hydrogens (tertiary/aromatic N) is 1. The Morgan fingerprint density at radius 3 is 2.37 bits per heavy atom. The number of anilines is 2. The van der Waals surface area contributed by atoms with Crippen molar-refractivity contribution >= 4 is 23.2 Å². The van der Waals surface area contributed by atoms with E-state index in [2.05, 4.69) is 29.4 Å². The Bertz CT molecular complexity index is 790. The van der Waals surface area contributed by atoms with Gasteiger partial charge in [-0.25, -0.2) is 0 Å². The highest BCUT2D eigenvalue weighted by Crippen LogP contribution is 2.22. The van der Waals surface area contributed by atoms with Crippen LogP contribution in [0.2, 0.25) is 0 Å². The molecule has 7 heteroatoms. The molecular formula is C20H25N3O4. The van der Waals surface area contributed by atoms with Gasteiger partial charge in [-0.2, -0.15) is 0 Å². The molecule has 1 aliphatic rings. The van der Waals surface area contributed by atoms with Crippen LogP contribution in [0.4, 0.5) is 11.4 Å². The summed E-state index contributed by atoms with van der Waals surface area (Å²) in [6.45, 7) is 7.41. The van der Waals surface area contributed by atoms with Crippen LogP contribution in [0.3, 0.4) is 0 Å². The number of nitrogens with one attached hydrogen (secondary N) is 2. The molecule has 1 aromatic heterocycles. The average molecular weight is 371 g/mol. The van der Waals surface area contributed by atoms with Crippen LogP contribution in [0, 0.1) is 6.92 Å². The fourth-order valence-corrected chi connectivity index (χ4v) is 3.23. The van der Waals surface area contributed by atoms with E-state index < -0.39 is 0 Å². The SMILES string of the molecule is Cc1occc1C(=O)NCC(=O)Nc1ccc(N2CC(C)OC(C)C2)cc1. The molecule has 7 nitrogen and oxygen atoms in total. The van der Waals surface area contributed by atoms with Crippen LogP contribution >= 0.6 is 0 Å². The van der Waals surface area contributed by atoms with Crippen molar-refractivity contribution in [2.75, 3.05) is 29.9 Å². The Kier molecular flexibility index (Phi) is 5.81. The fourth-order valence-electron chi connectivity index (χ4n) is 3.23. The van der Waals surface area contributed by atoms with Crippen molar-refractivity contribution in [3.63, 3.8) is 0 Å². The molecule has 0 spiro atoms. The normalized spacial score (nSPS) is 19.6. The molecule has 1 fully saturated rings. The first-order chi connectivity index (χ1) is 12.9. The molecule has 2 amide bonds. The molecule has 0 saturated carbocycles. The van der Waals surface area contributed by atoms with E-state index in [-0.39, 0.29) is 30.6 Å². The van der Waals surface area contributed by atoms with E-state index in [9.17, 15) is 9.59 Å². The number of ether oxygens (including phenoxy) is 1. The fraction of sp³-hybridized carbons (Fsp3) is 0.400. The van der Waals surface area contributed by atoms with Crippen LogP contribution in [0.5, 0.6) is 0 Å². The number of aryl methyl sites for hydroxylation is 1. The summed E-state index contributed by atoms with van der Waals surface area (Å²) in [5.74, 6) is -0.0941. The molecule has 0 radical (unpaired) electrons. The molecule has 2 unspecified atom stereocenters. The summed E-state index contributed by atoms with van der Waals surface area (Å²) < 4.78 is 10.8. The predicted molar refractivity (Wildman–Crippen MR) is 103 cm³/mol. The maximum atomic E-state index is 12.1. The Labute approximate surface area is 158 Å². The molecule has 2 aromatic rings. The molecule has 2 heterocycles. The average Bonchev–Trinajstić information content (AvgIpc) is 3.05. The number of hydrogen-bond donors (Lipinski definition) is 2. The zero-order chi connectivity index (χ0) is 19.4. The molecule has 1 aromatic carbocycles. The Morgan fingerprint density at radius 2 is 1.78 bits per heavy atom. The van der Waals surface area contributed by atoms with Crippen molar-refractivity contribution in [2.24, 2.45) is 0 Å². The quantitative estimate of drug-likeness (QED) is 0.844. The molecule has 2 N–H and O–H groups in total. The van der Waals surface area contributed by atoms with E-state index >= 15 is 0 Å².